The Kier molecular flexibility index (Phi) is 11.8. The second-order valence-electron chi connectivity index (χ2n) is 8.67. The van der Waals surface area contributed by atoms with Crippen LogP contribution in [0.25, 0.3) is 0 Å². The van der Waals surface area contributed by atoms with E-state index in [9.17, 15) is 14.4 Å². The summed E-state index contributed by atoms with van der Waals surface area (Å²) < 4.78 is 5.32. The maximum Gasteiger partial charge on any atom is 0.408 e. The maximum atomic E-state index is 13.2. The Morgan fingerprint density at radius 3 is 2.03 bits per heavy atom. The molecule has 2 atom stereocenters. The Hall–Kier alpha value is -3.19. The fourth-order valence-corrected chi connectivity index (χ4v) is 3.58. The molecule has 2 aromatic carbocycles. The first kappa shape index (κ1) is 27.1. The normalized spacial score (nSPS) is 12.6. The predicted octanol–water partition coefficient (Wildman–Crippen LogP) is 3.62. The van der Waals surface area contributed by atoms with Crippen molar-refractivity contribution in [3.63, 3.8) is 0 Å². The molecule has 0 saturated heterocycles. The van der Waals surface area contributed by atoms with Crippen LogP contribution in [0, 0.1) is 5.92 Å². The molecule has 7 heteroatoms. The van der Waals surface area contributed by atoms with Crippen LogP contribution in [-0.4, -0.2) is 43.5 Å². The van der Waals surface area contributed by atoms with Gasteiger partial charge >= 0.3 is 6.09 Å². The Morgan fingerprint density at radius 2 is 1.44 bits per heavy atom. The number of ketones is 1. The molecule has 0 aromatic heterocycles. The summed E-state index contributed by atoms with van der Waals surface area (Å²) in [6.45, 7) is 4.61. The van der Waals surface area contributed by atoms with Gasteiger partial charge in [-0.05, 0) is 44.0 Å². The lowest BCUT2D eigenvalue weighted by Gasteiger charge is -2.24. The summed E-state index contributed by atoms with van der Waals surface area (Å²) in [7, 11) is 1.88. The monoisotopic (exact) mass is 467 g/mol. The molecule has 34 heavy (non-hydrogen) atoms. The van der Waals surface area contributed by atoms with Crippen LogP contribution in [0.5, 0.6) is 0 Å². The minimum absolute atomic E-state index is 0.0112. The Bertz CT molecular complexity index is 887. The molecule has 2 rings (SSSR count). The number of hydrogen-bond acceptors (Lipinski definition) is 5. The average molecular weight is 468 g/mol. The number of carbonyl (C=O) groups is 3. The van der Waals surface area contributed by atoms with Crippen molar-refractivity contribution in [2.75, 3.05) is 13.6 Å². The average Bonchev–Trinajstić information content (AvgIpc) is 2.85. The Balaban J connectivity index is 2.07. The van der Waals surface area contributed by atoms with Gasteiger partial charge in [-0.3, -0.25) is 9.59 Å². The van der Waals surface area contributed by atoms with Crippen molar-refractivity contribution >= 4 is 17.8 Å². The molecular formula is C27H37N3O4. The van der Waals surface area contributed by atoms with Gasteiger partial charge < -0.3 is 20.7 Å². The van der Waals surface area contributed by atoms with Gasteiger partial charge in [0.05, 0.1) is 6.04 Å². The number of ether oxygens (including phenoxy) is 1. The number of carbonyl (C=O) groups excluding carboxylic acids is 3. The highest BCUT2D eigenvalue weighted by molar-refractivity contribution is 5.93. The van der Waals surface area contributed by atoms with E-state index in [0.717, 1.165) is 30.5 Å². The number of unbranched alkanes of at least 4 members (excludes halogenated alkanes) is 1. The first-order valence-corrected chi connectivity index (χ1v) is 11.9. The topological polar surface area (TPSA) is 96.5 Å². The molecule has 0 aliphatic rings. The molecule has 7 nitrogen and oxygen atoms in total. The van der Waals surface area contributed by atoms with Crippen LogP contribution in [-0.2, 0) is 27.4 Å². The van der Waals surface area contributed by atoms with Gasteiger partial charge in [-0.15, -0.1) is 0 Å². The van der Waals surface area contributed by atoms with Crippen molar-refractivity contribution in [1.82, 2.24) is 16.0 Å². The number of amides is 2. The van der Waals surface area contributed by atoms with Gasteiger partial charge in [-0.25, -0.2) is 4.79 Å². The number of benzene rings is 2. The lowest BCUT2D eigenvalue weighted by molar-refractivity contribution is -0.130. The van der Waals surface area contributed by atoms with Crippen LogP contribution in [0.15, 0.2) is 60.7 Å². The van der Waals surface area contributed by atoms with Gasteiger partial charge in [-0.1, -0.05) is 74.5 Å². The van der Waals surface area contributed by atoms with Crippen LogP contribution in [0.1, 0.15) is 44.2 Å². The number of alkyl carbamates (subject to hydrolysis) is 1. The second kappa shape index (κ2) is 14.9. The van der Waals surface area contributed by atoms with Crippen LogP contribution in [0.2, 0.25) is 0 Å². The van der Waals surface area contributed by atoms with E-state index in [1.54, 1.807) is 0 Å². The molecule has 0 aliphatic heterocycles. The summed E-state index contributed by atoms with van der Waals surface area (Å²) in [5.74, 6) is -0.609. The highest BCUT2D eigenvalue weighted by Crippen LogP contribution is 2.10. The summed E-state index contributed by atoms with van der Waals surface area (Å²) in [5, 5.41) is 8.68. The van der Waals surface area contributed by atoms with Crippen LogP contribution >= 0.6 is 0 Å². The Labute approximate surface area is 202 Å². The van der Waals surface area contributed by atoms with Crippen molar-refractivity contribution < 1.29 is 19.1 Å². The third-order valence-electron chi connectivity index (χ3n) is 5.50. The van der Waals surface area contributed by atoms with Crippen LogP contribution in [0.4, 0.5) is 4.79 Å². The quantitative estimate of drug-likeness (QED) is 0.369. The predicted molar refractivity (Wildman–Crippen MR) is 133 cm³/mol. The summed E-state index contributed by atoms with van der Waals surface area (Å²) in [6.07, 6.45) is 1.88. The molecule has 0 aliphatic carbocycles. The minimum Gasteiger partial charge on any atom is -0.445 e. The highest BCUT2D eigenvalue weighted by atomic mass is 16.5. The zero-order valence-corrected chi connectivity index (χ0v) is 20.4. The Morgan fingerprint density at radius 1 is 0.824 bits per heavy atom. The van der Waals surface area contributed by atoms with Gasteiger partial charge in [0, 0.05) is 12.3 Å². The molecule has 2 amide bonds. The van der Waals surface area contributed by atoms with Gasteiger partial charge in [0.15, 0.2) is 5.78 Å². The van der Waals surface area contributed by atoms with Crippen molar-refractivity contribution in [2.24, 2.45) is 5.92 Å². The van der Waals surface area contributed by atoms with Crippen LogP contribution < -0.4 is 16.0 Å². The number of nitrogens with one attached hydrogen (secondary N) is 3. The lowest BCUT2D eigenvalue weighted by atomic mass is 9.96. The lowest BCUT2D eigenvalue weighted by Crippen LogP contribution is -2.53. The molecule has 1 unspecified atom stereocenters. The van der Waals surface area contributed by atoms with E-state index < -0.39 is 24.1 Å². The molecule has 0 bridgehead atoms. The maximum absolute atomic E-state index is 13.2. The van der Waals surface area contributed by atoms with E-state index in [1.165, 1.54) is 0 Å². The van der Waals surface area contributed by atoms with Crippen molar-refractivity contribution in [3.05, 3.63) is 71.8 Å². The van der Waals surface area contributed by atoms with Crippen molar-refractivity contribution in [1.29, 1.82) is 0 Å². The molecule has 0 saturated carbocycles. The fourth-order valence-electron chi connectivity index (χ4n) is 3.58. The summed E-state index contributed by atoms with van der Waals surface area (Å²) in [5.41, 5.74) is 1.75. The zero-order chi connectivity index (χ0) is 24.8. The first-order chi connectivity index (χ1) is 16.4. The van der Waals surface area contributed by atoms with Gasteiger partial charge in [0.25, 0.3) is 0 Å². The molecule has 2 aromatic rings. The molecule has 0 heterocycles. The molecule has 0 radical (unpaired) electrons. The van der Waals surface area contributed by atoms with E-state index in [4.69, 9.17) is 4.74 Å². The van der Waals surface area contributed by atoms with Gasteiger partial charge in [0.1, 0.15) is 12.6 Å². The minimum atomic E-state index is -0.870. The smallest absolute Gasteiger partial charge is 0.408 e. The van der Waals surface area contributed by atoms with Crippen molar-refractivity contribution in [3.8, 4) is 0 Å². The number of hydrogen-bond donors (Lipinski definition) is 3. The third kappa shape index (κ3) is 9.75. The number of Topliss-reactive ketones (excluding diaryl/α,β-unsaturated/α-hetero) is 1. The largest absolute Gasteiger partial charge is 0.445 e. The summed E-state index contributed by atoms with van der Waals surface area (Å²) >= 11 is 0. The van der Waals surface area contributed by atoms with Gasteiger partial charge in [-0.2, -0.15) is 0 Å². The second-order valence-corrected chi connectivity index (χ2v) is 8.67. The van der Waals surface area contributed by atoms with E-state index in [-0.39, 0.29) is 24.7 Å². The van der Waals surface area contributed by atoms with Crippen molar-refractivity contribution in [2.45, 2.75) is 58.2 Å². The van der Waals surface area contributed by atoms with E-state index >= 15 is 0 Å². The van der Waals surface area contributed by atoms with Gasteiger partial charge in [0.2, 0.25) is 5.91 Å². The highest BCUT2D eigenvalue weighted by Gasteiger charge is 2.28. The summed E-state index contributed by atoms with van der Waals surface area (Å²) in [6, 6.07) is 17.3. The molecule has 0 fully saturated rings. The first-order valence-electron chi connectivity index (χ1n) is 11.9. The molecule has 3 N–H and O–H groups in total. The van der Waals surface area contributed by atoms with E-state index in [1.807, 2.05) is 81.6 Å². The van der Waals surface area contributed by atoms with E-state index in [2.05, 4.69) is 16.0 Å². The SMILES string of the molecule is CNCCCC[C@H](NC(=O)C(Cc1ccccc1)NC(=O)OCc1ccccc1)C(=O)C(C)C. The number of rotatable bonds is 14. The standard InChI is InChI=1S/C27H37N3O4/c1-20(2)25(31)23(16-10-11-17-28-3)29-26(32)24(18-21-12-6-4-7-13-21)30-27(33)34-19-22-14-8-5-9-15-22/h4-9,12-15,20,23-24,28H,10-11,16-19H2,1-3H3,(H,29,32)(H,30,33)/t23-,24?/m0/s1. The summed E-state index contributed by atoms with van der Waals surface area (Å²) in [4.78, 5) is 38.5. The molecule has 184 valence electrons. The zero-order valence-electron chi connectivity index (χ0n) is 20.4. The van der Waals surface area contributed by atoms with Crippen LogP contribution in [0.3, 0.4) is 0 Å². The fraction of sp³-hybridized carbons (Fsp3) is 0.444. The third-order valence-corrected chi connectivity index (χ3v) is 5.50. The van der Waals surface area contributed by atoms with E-state index in [0.29, 0.717) is 6.42 Å². The molecule has 0 spiro atoms. The molecular weight excluding hydrogens is 430 g/mol.